The molecule has 3 rings (SSSR count). The van der Waals surface area contributed by atoms with Crippen LogP contribution in [0.2, 0.25) is 0 Å². The van der Waals surface area contributed by atoms with E-state index >= 15 is 0 Å². The zero-order valence-electron chi connectivity index (χ0n) is 17.2. The van der Waals surface area contributed by atoms with Crippen molar-refractivity contribution in [3.8, 4) is 0 Å². The SMILES string of the molecule is CCOC(=O)C1=C(C)NC2=C(C(=O)CC(C)(C)C2)C1c1ccc(C)cc1C. The largest absolute Gasteiger partial charge is 0.463 e. The van der Waals surface area contributed by atoms with Crippen molar-refractivity contribution in [2.24, 2.45) is 5.41 Å². The number of carbonyl (C=O) groups excluding carboxylic acids is 2. The van der Waals surface area contributed by atoms with E-state index < -0.39 is 0 Å². The van der Waals surface area contributed by atoms with Crippen molar-refractivity contribution in [1.29, 1.82) is 0 Å². The van der Waals surface area contributed by atoms with Gasteiger partial charge in [0.05, 0.1) is 12.2 Å². The van der Waals surface area contributed by atoms with Gasteiger partial charge in [-0.25, -0.2) is 4.79 Å². The molecule has 0 bridgehead atoms. The van der Waals surface area contributed by atoms with Crippen LogP contribution in [0.15, 0.2) is 40.7 Å². The van der Waals surface area contributed by atoms with E-state index in [4.69, 9.17) is 4.74 Å². The molecule has 4 nitrogen and oxygen atoms in total. The number of dihydropyridines is 1. The van der Waals surface area contributed by atoms with E-state index in [1.165, 1.54) is 0 Å². The molecule has 1 aromatic carbocycles. The second-order valence-electron chi connectivity index (χ2n) is 8.51. The molecule has 1 atom stereocenters. The Labute approximate surface area is 161 Å². The van der Waals surface area contributed by atoms with Crippen LogP contribution < -0.4 is 5.32 Å². The van der Waals surface area contributed by atoms with Crippen LogP contribution in [0.25, 0.3) is 0 Å². The second kappa shape index (κ2) is 6.99. The highest BCUT2D eigenvalue weighted by molar-refractivity contribution is 6.04. The second-order valence-corrected chi connectivity index (χ2v) is 8.51. The van der Waals surface area contributed by atoms with Gasteiger partial charge in [0, 0.05) is 29.3 Å². The number of esters is 1. The van der Waals surface area contributed by atoms with Gasteiger partial charge < -0.3 is 10.1 Å². The molecule has 2 aliphatic rings. The Morgan fingerprint density at radius 2 is 1.93 bits per heavy atom. The smallest absolute Gasteiger partial charge is 0.336 e. The molecule has 1 heterocycles. The van der Waals surface area contributed by atoms with Crippen LogP contribution in [0.3, 0.4) is 0 Å². The zero-order valence-corrected chi connectivity index (χ0v) is 17.2. The Bertz CT molecular complexity index is 874. The van der Waals surface area contributed by atoms with E-state index in [1.54, 1.807) is 6.92 Å². The Hall–Kier alpha value is -2.36. The van der Waals surface area contributed by atoms with Crippen molar-refractivity contribution >= 4 is 11.8 Å². The average molecular weight is 367 g/mol. The Kier molecular flexibility index (Phi) is 5.02. The number of aryl methyl sites for hydroxylation is 2. The maximum absolute atomic E-state index is 13.2. The fourth-order valence-corrected chi connectivity index (χ4v) is 4.38. The lowest BCUT2D eigenvalue weighted by Crippen LogP contribution is -2.38. The number of rotatable bonds is 3. The van der Waals surface area contributed by atoms with Gasteiger partial charge in [0.2, 0.25) is 0 Å². The predicted octanol–water partition coefficient (Wildman–Crippen LogP) is 4.47. The van der Waals surface area contributed by atoms with E-state index in [-0.39, 0.29) is 23.1 Å². The van der Waals surface area contributed by atoms with Gasteiger partial charge in [-0.2, -0.15) is 0 Å². The summed E-state index contributed by atoms with van der Waals surface area (Å²) in [5, 5.41) is 3.36. The highest BCUT2D eigenvalue weighted by Gasteiger charge is 2.43. The van der Waals surface area contributed by atoms with Gasteiger partial charge in [0.1, 0.15) is 0 Å². The highest BCUT2D eigenvalue weighted by Crippen LogP contribution is 2.47. The van der Waals surface area contributed by atoms with Crippen LogP contribution in [0.4, 0.5) is 0 Å². The first kappa shape index (κ1) is 19.4. The number of Topliss-reactive ketones (excluding diaryl/α,β-unsaturated/α-hetero) is 1. The van der Waals surface area contributed by atoms with Crippen LogP contribution in [0, 0.1) is 19.3 Å². The first-order chi connectivity index (χ1) is 12.6. The van der Waals surface area contributed by atoms with Crippen molar-refractivity contribution in [1.82, 2.24) is 5.32 Å². The van der Waals surface area contributed by atoms with Crippen LogP contribution in [-0.4, -0.2) is 18.4 Å². The molecule has 0 amide bonds. The summed E-state index contributed by atoms with van der Waals surface area (Å²) in [6, 6.07) is 6.19. The first-order valence-electron chi connectivity index (χ1n) is 9.63. The molecule has 0 spiro atoms. The van der Waals surface area contributed by atoms with Gasteiger partial charge in [0.15, 0.2) is 5.78 Å². The van der Waals surface area contributed by atoms with Crippen molar-refractivity contribution in [2.75, 3.05) is 6.61 Å². The summed E-state index contributed by atoms with van der Waals surface area (Å²) in [6.07, 6.45) is 1.28. The lowest BCUT2D eigenvalue weighted by molar-refractivity contribution is -0.138. The maximum atomic E-state index is 13.2. The summed E-state index contributed by atoms with van der Waals surface area (Å²) < 4.78 is 5.35. The topological polar surface area (TPSA) is 55.4 Å². The fraction of sp³-hybridized carbons (Fsp3) is 0.478. The summed E-state index contributed by atoms with van der Waals surface area (Å²) in [6.45, 7) is 12.3. The molecule has 1 unspecified atom stereocenters. The third-order valence-electron chi connectivity index (χ3n) is 5.47. The number of ether oxygens (including phenoxy) is 1. The van der Waals surface area contributed by atoms with E-state index in [1.807, 2.05) is 32.9 Å². The van der Waals surface area contributed by atoms with Crippen LogP contribution in [0.5, 0.6) is 0 Å². The summed E-state index contributed by atoms with van der Waals surface area (Å²) in [4.78, 5) is 26.0. The van der Waals surface area contributed by atoms with E-state index in [0.717, 1.165) is 40.1 Å². The molecule has 0 saturated carbocycles. The molecule has 1 aliphatic heterocycles. The van der Waals surface area contributed by atoms with Crippen LogP contribution >= 0.6 is 0 Å². The number of hydrogen-bond acceptors (Lipinski definition) is 4. The standard InChI is InChI=1S/C23H29NO3/c1-7-27-22(26)19-15(4)24-17-11-23(5,6)12-18(25)21(17)20(19)16-9-8-13(2)10-14(16)3/h8-10,20,24H,7,11-12H2,1-6H3. The van der Waals surface area contributed by atoms with Gasteiger partial charge in [0.25, 0.3) is 0 Å². The van der Waals surface area contributed by atoms with Gasteiger partial charge in [-0.15, -0.1) is 0 Å². The van der Waals surface area contributed by atoms with E-state index in [0.29, 0.717) is 18.6 Å². The third-order valence-corrected chi connectivity index (χ3v) is 5.47. The van der Waals surface area contributed by atoms with Gasteiger partial charge >= 0.3 is 5.97 Å². The third kappa shape index (κ3) is 3.58. The molecule has 0 fully saturated rings. The number of benzene rings is 1. The summed E-state index contributed by atoms with van der Waals surface area (Å²) in [5.74, 6) is -0.603. The maximum Gasteiger partial charge on any atom is 0.336 e. The summed E-state index contributed by atoms with van der Waals surface area (Å²) >= 11 is 0. The molecule has 1 aromatic rings. The van der Waals surface area contributed by atoms with E-state index in [9.17, 15) is 9.59 Å². The molecular weight excluding hydrogens is 338 g/mol. The van der Waals surface area contributed by atoms with Crippen molar-refractivity contribution in [3.63, 3.8) is 0 Å². The number of allylic oxidation sites excluding steroid dienone is 3. The van der Waals surface area contributed by atoms with Gasteiger partial charge in [-0.3, -0.25) is 4.79 Å². The quantitative estimate of drug-likeness (QED) is 0.801. The fourth-order valence-electron chi connectivity index (χ4n) is 4.38. The Balaban J connectivity index is 2.22. The van der Waals surface area contributed by atoms with Crippen LogP contribution in [0.1, 0.15) is 63.1 Å². The predicted molar refractivity (Wildman–Crippen MR) is 106 cm³/mol. The molecular formula is C23H29NO3. The van der Waals surface area contributed by atoms with Crippen molar-refractivity contribution in [2.45, 2.75) is 60.3 Å². The van der Waals surface area contributed by atoms with Crippen molar-refractivity contribution in [3.05, 3.63) is 57.4 Å². The van der Waals surface area contributed by atoms with E-state index in [2.05, 4.69) is 25.2 Å². The average Bonchev–Trinajstić information content (AvgIpc) is 2.52. The molecule has 0 saturated heterocycles. The zero-order chi connectivity index (χ0) is 19.9. The lowest BCUT2D eigenvalue weighted by Gasteiger charge is -2.39. The molecule has 4 heteroatoms. The lowest BCUT2D eigenvalue weighted by atomic mass is 9.68. The highest BCUT2D eigenvalue weighted by atomic mass is 16.5. The summed E-state index contributed by atoms with van der Waals surface area (Å²) in [7, 11) is 0. The normalized spacial score (nSPS) is 21.7. The van der Waals surface area contributed by atoms with Gasteiger partial charge in [-0.05, 0) is 50.7 Å². The minimum Gasteiger partial charge on any atom is -0.463 e. The Morgan fingerprint density at radius 3 is 2.56 bits per heavy atom. The minimum atomic E-state index is -0.371. The minimum absolute atomic E-state index is 0.0858. The molecule has 1 N–H and O–H groups in total. The molecule has 0 radical (unpaired) electrons. The number of nitrogens with one attached hydrogen (secondary N) is 1. The number of hydrogen-bond donors (Lipinski definition) is 1. The monoisotopic (exact) mass is 367 g/mol. The summed E-state index contributed by atoms with van der Waals surface area (Å²) in [5.41, 5.74) is 6.18. The van der Waals surface area contributed by atoms with Crippen molar-refractivity contribution < 1.29 is 14.3 Å². The molecule has 0 aromatic heterocycles. The van der Waals surface area contributed by atoms with Crippen LogP contribution in [-0.2, 0) is 14.3 Å². The molecule has 1 aliphatic carbocycles. The number of ketones is 1. The number of carbonyl (C=O) groups is 2. The first-order valence-corrected chi connectivity index (χ1v) is 9.63. The molecule has 144 valence electrons. The van der Waals surface area contributed by atoms with Gasteiger partial charge in [-0.1, -0.05) is 37.6 Å². The molecule has 27 heavy (non-hydrogen) atoms. The Morgan fingerprint density at radius 1 is 1.22 bits per heavy atom.